The van der Waals surface area contributed by atoms with E-state index in [1.807, 2.05) is 16.9 Å². The van der Waals surface area contributed by atoms with Crippen molar-refractivity contribution in [2.45, 2.75) is 33.2 Å². The lowest BCUT2D eigenvalue weighted by Gasteiger charge is -2.23. The van der Waals surface area contributed by atoms with Crippen LogP contribution >= 0.6 is 0 Å². The minimum atomic E-state index is 0.103. The summed E-state index contributed by atoms with van der Waals surface area (Å²) >= 11 is 0. The van der Waals surface area contributed by atoms with E-state index >= 15 is 0 Å². The summed E-state index contributed by atoms with van der Waals surface area (Å²) in [6.45, 7) is 6.54. The lowest BCUT2D eigenvalue weighted by atomic mass is 9.88. The van der Waals surface area contributed by atoms with Gasteiger partial charge in [0.25, 0.3) is 0 Å². The summed E-state index contributed by atoms with van der Waals surface area (Å²) in [6.07, 6.45) is 3.42. The van der Waals surface area contributed by atoms with Crippen LogP contribution in [-0.2, 0) is 11.3 Å². The van der Waals surface area contributed by atoms with E-state index in [0.29, 0.717) is 13.0 Å². The molecule has 5 heteroatoms. The van der Waals surface area contributed by atoms with Gasteiger partial charge in [-0.05, 0) is 11.8 Å². The molecule has 0 aliphatic heterocycles. The third kappa shape index (κ3) is 5.19. The van der Waals surface area contributed by atoms with Gasteiger partial charge in [-0.3, -0.25) is 4.68 Å². The molecule has 0 bridgehead atoms. The number of ether oxygens (including phenoxy) is 1. The van der Waals surface area contributed by atoms with Gasteiger partial charge in [-0.25, -0.2) is 0 Å². The molecule has 1 aromatic rings. The molecule has 0 aliphatic carbocycles. The van der Waals surface area contributed by atoms with Crippen LogP contribution in [0.3, 0.4) is 0 Å². The van der Waals surface area contributed by atoms with Crippen molar-refractivity contribution < 1.29 is 4.74 Å². The molecule has 0 spiro atoms. The van der Waals surface area contributed by atoms with Crippen LogP contribution in [0.5, 0.6) is 0 Å². The number of nitrogens with zero attached hydrogens (tertiary/aromatic N) is 3. The Bertz CT molecular complexity index is 392. The van der Waals surface area contributed by atoms with Gasteiger partial charge in [0.15, 0.2) is 0 Å². The summed E-state index contributed by atoms with van der Waals surface area (Å²) in [7, 11) is 1.68. The zero-order chi connectivity index (χ0) is 13.4. The number of nitrogens with one attached hydrogen (secondary N) is 1. The first-order valence-electron chi connectivity index (χ1n) is 6.20. The predicted molar refractivity (Wildman–Crippen MR) is 71.2 cm³/mol. The Balaban J connectivity index is 2.38. The fraction of sp³-hybridized carbons (Fsp3) is 0.692. The first-order valence-corrected chi connectivity index (χ1v) is 6.20. The minimum absolute atomic E-state index is 0.103. The molecular weight excluding hydrogens is 228 g/mol. The summed E-state index contributed by atoms with van der Waals surface area (Å²) in [5.41, 5.74) is 0.103. The SMILES string of the molecule is COCCn1ccc(NCC(C)(C)CCC#N)n1. The van der Waals surface area contributed by atoms with Crippen molar-refractivity contribution in [2.24, 2.45) is 5.41 Å². The van der Waals surface area contributed by atoms with Crippen LogP contribution in [0.15, 0.2) is 12.3 Å². The monoisotopic (exact) mass is 250 g/mol. The van der Waals surface area contributed by atoms with Crippen LogP contribution in [0, 0.1) is 16.7 Å². The number of rotatable bonds is 8. The van der Waals surface area contributed by atoms with Gasteiger partial charge >= 0.3 is 0 Å². The molecular formula is C13H22N4O. The van der Waals surface area contributed by atoms with Crippen LogP contribution in [0.1, 0.15) is 26.7 Å². The van der Waals surface area contributed by atoms with Gasteiger partial charge in [0.2, 0.25) is 0 Å². The van der Waals surface area contributed by atoms with E-state index in [0.717, 1.165) is 25.3 Å². The average molecular weight is 250 g/mol. The molecule has 0 radical (unpaired) electrons. The molecule has 0 amide bonds. The predicted octanol–water partition coefficient (Wildman–Crippen LogP) is 2.27. The molecule has 1 N–H and O–H groups in total. The molecule has 1 heterocycles. The number of anilines is 1. The zero-order valence-corrected chi connectivity index (χ0v) is 11.4. The highest BCUT2D eigenvalue weighted by Crippen LogP contribution is 2.22. The number of methoxy groups -OCH3 is 1. The first-order chi connectivity index (χ1) is 8.57. The van der Waals surface area contributed by atoms with Crippen LogP contribution in [0.2, 0.25) is 0 Å². The molecule has 0 unspecified atom stereocenters. The van der Waals surface area contributed by atoms with Crippen molar-refractivity contribution in [3.05, 3.63) is 12.3 Å². The first kappa shape index (κ1) is 14.5. The summed E-state index contributed by atoms with van der Waals surface area (Å²) < 4.78 is 6.86. The zero-order valence-electron chi connectivity index (χ0n) is 11.4. The van der Waals surface area contributed by atoms with Crippen LogP contribution in [0.4, 0.5) is 5.82 Å². The van der Waals surface area contributed by atoms with Gasteiger partial charge in [0.1, 0.15) is 5.82 Å². The molecule has 0 atom stereocenters. The minimum Gasteiger partial charge on any atom is -0.383 e. The maximum atomic E-state index is 8.60. The van der Waals surface area contributed by atoms with E-state index in [1.165, 1.54) is 0 Å². The lowest BCUT2D eigenvalue weighted by molar-refractivity contribution is 0.183. The molecule has 0 fully saturated rings. The molecule has 0 saturated carbocycles. The second-order valence-corrected chi connectivity index (χ2v) is 5.13. The Hall–Kier alpha value is -1.54. The van der Waals surface area contributed by atoms with Gasteiger partial charge < -0.3 is 10.1 Å². The van der Waals surface area contributed by atoms with Gasteiger partial charge in [0, 0.05) is 32.3 Å². The maximum Gasteiger partial charge on any atom is 0.148 e. The van der Waals surface area contributed by atoms with E-state index in [-0.39, 0.29) is 5.41 Å². The van der Waals surface area contributed by atoms with Gasteiger partial charge in [0.05, 0.1) is 19.2 Å². The highest BCUT2D eigenvalue weighted by atomic mass is 16.5. The molecule has 1 aromatic heterocycles. The van der Waals surface area contributed by atoms with Crippen molar-refractivity contribution in [3.8, 4) is 6.07 Å². The van der Waals surface area contributed by atoms with E-state index in [1.54, 1.807) is 7.11 Å². The van der Waals surface area contributed by atoms with E-state index in [9.17, 15) is 0 Å². The second-order valence-electron chi connectivity index (χ2n) is 5.13. The molecule has 0 saturated heterocycles. The van der Waals surface area contributed by atoms with Crippen LogP contribution in [0.25, 0.3) is 0 Å². The molecule has 18 heavy (non-hydrogen) atoms. The highest BCUT2D eigenvalue weighted by molar-refractivity contribution is 5.32. The number of hydrogen-bond donors (Lipinski definition) is 1. The van der Waals surface area contributed by atoms with Crippen molar-refractivity contribution >= 4 is 5.82 Å². The van der Waals surface area contributed by atoms with Gasteiger partial charge in [-0.2, -0.15) is 10.4 Å². The number of aromatic nitrogens is 2. The molecule has 0 aromatic carbocycles. The van der Waals surface area contributed by atoms with Gasteiger partial charge in [-0.1, -0.05) is 13.8 Å². The van der Waals surface area contributed by atoms with Crippen molar-refractivity contribution in [2.75, 3.05) is 25.6 Å². The summed E-state index contributed by atoms with van der Waals surface area (Å²) in [4.78, 5) is 0. The third-order valence-electron chi connectivity index (χ3n) is 2.83. The van der Waals surface area contributed by atoms with Crippen molar-refractivity contribution in [1.82, 2.24) is 9.78 Å². The van der Waals surface area contributed by atoms with Crippen molar-refractivity contribution in [3.63, 3.8) is 0 Å². The molecule has 100 valence electrons. The molecule has 5 nitrogen and oxygen atoms in total. The fourth-order valence-electron chi connectivity index (χ4n) is 1.58. The topological polar surface area (TPSA) is 62.9 Å². The highest BCUT2D eigenvalue weighted by Gasteiger charge is 2.17. The maximum absolute atomic E-state index is 8.60. The molecule has 0 aliphatic rings. The Labute approximate surface area is 109 Å². The smallest absolute Gasteiger partial charge is 0.148 e. The van der Waals surface area contributed by atoms with E-state index < -0.39 is 0 Å². The Kier molecular flexibility index (Phi) is 5.66. The Morgan fingerprint density at radius 3 is 3.00 bits per heavy atom. The summed E-state index contributed by atoms with van der Waals surface area (Å²) in [5, 5.41) is 16.3. The second kappa shape index (κ2) is 7.02. The standard InChI is InChI=1S/C13H22N4O/c1-13(2,6-4-7-14)11-15-12-5-8-17(16-12)9-10-18-3/h5,8H,4,6,9-11H2,1-3H3,(H,15,16). The average Bonchev–Trinajstić information content (AvgIpc) is 2.80. The number of hydrogen-bond acceptors (Lipinski definition) is 4. The Morgan fingerprint density at radius 1 is 1.56 bits per heavy atom. The van der Waals surface area contributed by atoms with E-state index in [2.05, 4.69) is 30.3 Å². The lowest BCUT2D eigenvalue weighted by Crippen LogP contribution is -2.23. The van der Waals surface area contributed by atoms with Gasteiger partial charge in [-0.15, -0.1) is 0 Å². The summed E-state index contributed by atoms with van der Waals surface area (Å²) in [5.74, 6) is 0.871. The van der Waals surface area contributed by atoms with E-state index in [4.69, 9.17) is 10.00 Å². The third-order valence-corrected chi connectivity index (χ3v) is 2.83. The number of nitriles is 1. The largest absolute Gasteiger partial charge is 0.383 e. The molecule has 1 rings (SSSR count). The van der Waals surface area contributed by atoms with Crippen LogP contribution < -0.4 is 5.32 Å². The summed E-state index contributed by atoms with van der Waals surface area (Å²) in [6, 6.07) is 4.14. The van der Waals surface area contributed by atoms with Crippen LogP contribution in [-0.4, -0.2) is 30.0 Å². The quantitative estimate of drug-likeness (QED) is 0.768. The fourth-order valence-corrected chi connectivity index (χ4v) is 1.58. The Morgan fingerprint density at radius 2 is 2.33 bits per heavy atom. The normalized spacial score (nSPS) is 11.2. The van der Waals surface area contributed by atoms with Crippen molar-refractivity contribution in [1.29, 1.82) is 5.26 Å².